The molecule has 1 aliphatic carbocycles. The smallest absolute Gasteiger partial charge is 0.348 e. The van der Waals surface area contributed by atoms with Crippen molar-refractivity contribution in [1.29, 1.82) is 5.26 Å². The number of nitriles is 1. The van der Waals surface area contributed by atoms with Crippen LogP contribution in [0.5, 0.6) is 17.5 Å². The van der Waals surface area contributed by atoms with Gasteiger partial charge >= 0.3 is 11.7 Å². The molecule has 1 saturated carbocycles. The third kappa shape index (κ3) is 9.48. The van der Waals surface area contributed by atoms with Gasteiger partial charge < -0.3 is 34.5 Å². The number of fused-ring (bicyclic) bond motifs is 1. The van der Waals surface area contributed by atoms with E-state index in [9.17, 15) is 25.1 Å². The lowest BCUT2D eigenvalue weighted by Gasteiger charge is -2.42. The summed E-state index contributed by atoms with van der Waals surface area (Å²) in [5.41, 5.74) is 8.18. The molecule has 9 rings (SSSR count). The van der Waals surface area contributed by atoms with Gasteiger partial charge in [0.15, 0.2) is 5.82 Å². The highest BCUT2D eigenvalue weighted by atomic mass is 16.5. The number of ether oxygens (including phenoxy) is 1. The lowest BCUT2D eigenvalue weighted by atomic mass is 9.98. The molecule has 3 aliphatic heterocycles. The zero-order valence-electron chi connectivity index (χ0n) is 39.0. The van der Waals surface area contributed by atoms with Gasteiger partial charge in [0.2, 0.25) is 5.91 Å². The molecule has 5 heterocycles. The zero-order chi connectivity index (χ0) is 47.0. The van der Waals surface area contributed by atoms with Crippen molar-refractivity contribution in [2.45, 2.75) is 78.4 Å². The van der Waals surface area contributed by atoms with E-state index in [1.54, 1.807) is 11.0 Å². The van der Waals surface area contributed by atoms with Gasteiger partial charge in [-0.25, -0.2) is 14.5 Å². The maximum Gasteiger partial charge on any atom is 0.348 e. The summed E-state index contributed by atoms with van der Waals surface area (Å²) in [5.74, 6) is 0.806. The van der Waals surface area contributed by atoms with Gasteiger partial charge in [0.05, 0.1) is 48.6 Å². The van der Waals surface area contributed by atoms with Crippen LogP contribution in [0.2, 0.25) is 0 Å². The van der Waals surface area contributed by atoms with Crippen LogP contribution in [0.4, 0.5) is 11.5 Å². The van der Waals surface area contributed by atoms with E-state index in [0.29, 0.717) is 55.6 Å². The van der Waals surface area contributed by atoms with E-state index in [0.717, 1.165) is 87.7 Å². The minimum atomic E-state index is -0.420. The highest BCUT2D eigenvalue weighted by molar-refractivity contribution is 5.87. The third-order valence-corrected chi connectivity index (χ3v) is 14.3. The molecular formula is C51H61N11O5. The number of rotatable bonds is 14. The number of aromatic nitrogens is 5. The maximum absolute atomic E-state index is 13.0. The SMILES string of the molecule is C=CC(=O)N1CCN(c2nc(OCC3(CN4CCN(Cc5ccc(-n6c(-c7cc(C(C)C)c(O)cc7O)n[nH]c6=O)cc5)CC4)CC3)nc3c2CCN(c2cccc(C)c2C)C3)C[C@@H]1CC#N. The topological polar surface area (TPSA) is 183 Å². The van der Waals surface area contributed by atoms with Crippen molar-refractivity contribution in [1.82, 2.24) is 39.4 Å². The minimum Gasteiger partial charge on any atom is -0.508 e. The average molecular weight is 908 g/mol. The van der Waals surface area contributed by atoms with Crippen molar-refractivity contribution in [2.24, 2.45) is 5.41 Å². The van der Waals surface area contributed by atoms with Crippen LogP contribution in [0.25, 0.3) is 17.1 Å². The molecule has 2 saturated heterocycles. The summed E-state index contributed by atoms with van der Waals surface area (Å²) < 4.78 is 8.07. The standard InChI is InChI=1S/C51H61N11O5/c1-6-46(65)61-25-24-60(29-38(61)14-18-52)47-39-15-19-59(43-9-7-8-34(4)35(43)5)30-42(39)53-49(54-47)67-32-51(16-17-51)31-58-22-20-57(21-23-58)28-36-10-12-37(13-11-36)62-48(55-56-50(62)66)41-26-40(33(2)3)44(63)27-45(41)64/h6-13,26-27,33,38,63-64H,1,14-17,19-25,28-32H2,2-5H3,(H,56,66)/t38-/m0/s1. The Labute approximate surface area is 391 Å². The van der Waals surface area contributed by atoms with Crippen LogP contribution in [-0.4, -0.2) is 127 Å². The van der Waals surface area contributed by atoms with Crippen molar-refractivity contribution in [3.63, 3.8) is 0 Å². The van der Waals surface area contributed by atoms with Crippen LogP contribution in [0.15, 0.2) is 72.0 Å². The molecule has 16 nitrogen and oxygen atoms in total. The minimum absolute atomic E-state index is 0.000966. The third-order valence-electron chi connectivity index (χ3n) is 14.3. The Morgan fingerprint density at radius 3 is 2.46 bits per heavy atom. The predicted octanol–water partition coefficient (Wildman–Crippen LogP) is 5.83. The van der Waals surface area contributed by atoms with Gasteiger partial charge in [0.25, 0.3) is 0 Å². The fourth-order valence-electron chi connectivity index (χ4n) is 10.0. The van der Waals surface area contributed by atoms with Crippen LogP contribution >= 0.6 is 0 Å². The number of phenolic OH excluding ortho intramolecular Hbond substituents is 2. The molecule has 5 aromatic rings. The van der Waals surface area contributed by atoms with E-state index >= 15 is 0 Å². The second-order valence-electron chi connectivity index (χ2n) is 19.1. The van der Waals surface area contributed by atoms with Gasteiger partial charge in [-0.3, -0.25) is 9.69 Å². The molecule has 0 radical (unpaired) electrons. The van der Waals surface area contributed by atoms with E-state index in [4.69, 9.17) is 14.7 Å². The molecular weight excluding hydrogens is 847 g/mol. The zero-order valence-corrected chi connectivity index (χ0v) is 39.0. The van der Waals surface area contributed by atoms with Crippen LogP contribution in [0.3, 0.4) is 0 Å². The first-order valence-corrected chi connectivity index (χ1v) is 23.5. The quantitative estimate of drug-likeness (QED) is 0.113. The number of carbonyl (C=O) groups excluding carboxylic acids is 1. The molecule has 1 atom stereocenters. The normalized spacial score (nSPS) is 18.4. The number of aryl methyl sites for hydroxylation is 1. The van der Waals surface area contributed by atoms with E-state index in [1.807, 2.05) is 38.1 Å². The summed E-state index contributed by atoms with van der Waals surface area (Å²) in [4.78, 5) is 47.3. The van der Waals surface area contributed by atoms with Gasteiger partial charge in [-0.05, 0) is 91.6 Å². The van der Waals surface area contributed by atoms with Crippen LogP contribution < -0.4 is 20.2 Å². The number of carbonyl (C=O) groups is 1. The van der Waals surface area contributed by atoms with Crippen molar-refractivity contribution >= 4 is 17.4 Å². The molecule has 1 amide bonds. The molecule has 0 spiro atoms. The summed E-state index contributed by atoms with van der Waals surface area (Å²) in [7, 11) is 0. The highest BCUT2D eigenvalue weighted by Gasteiger charge is 2.45. The number of amides is 1. The molecule has 4 aliphatic rings. The Morgan fingerprint density at radius 1 is 0.985 bits per heavy atom. The summed E-state index contributed by atoms with van der Waals surface area (Å²) in [6.45, 7) is 20.9. The number of piperazine rings is 2. The van der Waals surface area contributed by atoms with Gasteiger partial charge in [-0.1, -0.05) is 44.7 Å². The molecule has 67 heavy (non-hydrogen) atoms. The van der Waals surface area contributed by atoms with Gasteiger partial charge in [0.1, 0.15) is 17.3 Å². The van der Waals surface area contributed by atoms with Crippen LogP contribution in [0, 0.1) is 30.6 Å². The largest absolute Gasteiger partial charge is 0.508 e. The number of phenols is 2. The highest BCUT2D eigenvalue weighted by Crippen LogP contribution is 2.47. The molecule has 3 fully saturated rings. The summed E-state index contributed by atoms with van der Waals surface area (Å²) in [5, 5.41) is 37.6. The van der Waals surface area contributed by atoms with Crippen molar-refractivity contribution in [3.8, 4) is 40.7 Å². The summed E-state index contributed by atoms with van der Waals surface area (Å²) >= 11 is 0. The van der Waals surface area contributed by atoms with Gasteiger partial charge in [-0.2, -0.15) is 20.3 Å². The summed E-state index contributed by atoms with van der Waals surface area (Å²) in [6, 6.07) is 19.7. The average Bonchev–Trinajstić information content (AvgIpc) is 3.99. The molecule has 2 aromatic heterocycles. The molecule has 350 valence electrons. The molecule has 3 aromatic carbocycles. The van der Waals surface area contributed by atoms with Crippen molar-refractivity contribution in [2.75, 3.05) is 75.3 Å². The number of hydrogen-bond donors (Lipinski definition) is 3. The molecule has 0 unspecified atom stereocenters. The Morgan fingerprint density at radius 2 is 1.75 bits per heavy atom. The lowest BCUT2D eigenvalue weighted by molar-refractivity contribution is -0.128. The Balaban J connectivity index is 0.843. The first-order chi connectivity index (χ1) is 32.3. The first-order valence-electron chi connectivity index (χ1n) is 23.5. The van der Waals surface area contributed by atoms with E-state index in [-0.39, 0.29) is 47.0 Å². The predicted molar refractivity (Wildman–Crippen MR) is 257 cm³/mol. The molecule has 3 N–H and O–H groups in total. The summed E-state index contributed by atoms with van der Waals surface area (Å²) in [6.07, 6.45) is 4.50. The number of hydrogen-bond acceptors (Lipinski definition) is 13. The van der Waals surface area contributed by atoms with E-state index < -0.39 is 5.69 Å². The number of nitrogens with one attached hydrogen (secondary N) is 1. The van der Waals surface area contributed by atoms with Crippen LogP contribution in [0.1, 0.15) is 72.5 Å². The second-order valence-corrected chi connectivity index (χ2v) is 19.1. The van der Waals surface area contributed by atoms with Crippen LogP contribution in [-0.2, 0) is 24.3 Å². The van der Waals surface area contributed by atoms with E-state index in [1.165, 1.54) is 33.5 Å². The number of anilines is 2. The van der Waals surface area contributed by atoms with E-state index in [2.05, 4.69) is 74.5 Å². The van der Waals surface area contributed by atoms with Gasteiger partial charge in [0, 0.05) is 88.2 Å². The van der Waals surface area contributed by atoms with Crippen molar-refractivity contribution < 1.29 is 19.7 Å². The number of H-pyrrole nitrogens is 1. The first kappa shape index (κ1) is 45.5. The second kappa shape index (κ2) is 18.9. The Bertz CT molecular complexity index is 2750. The maximum atomic E-state index is 13.0. The number of benzene rings is 3. The van der Waals surface area contributed by atoms with Gasteiger partial charge in [-0.15, -0.1) is 0 Å². The number of aromatic amines is 1. The Hall–Kier alpha value is -6.70. The van der Waals surface area contributed by atoms with Crippen molar-refractivity contribution in [3.05, 3.63) is 111 Å². The lowest BCUT2D eigenvalue weighted by Crippen LogP contribution is -2.55. The number of nitrogens with zero attached hydrogens (tertiary/aromatic N) is 10. The Kier molecular flexibility index (Phi) is 12.8. The molecule has 16 heteroatoms. The monoisotopic (exact) mass is 907 g/mol. The molecule has 0 bridgehead atoms. The fourth-order valence-corrected chi connectivity index (χ4v) is 10.0. The fraction of sp³-hybridized carbons (Fsp3) is 0.451. The number of aromatic hydroxyl groups is 2.